The third-order valence-electron chi connectivity index (χ3n) is 9.86. The van der Waals surface area contributed by atoms with E-state index >= 15 is 0 Å². The van der Waals surface area contributed by atoms with E-state index < -0.39 is 103 Å². The first kappa shape index (κ1) is 47.5. The number of nitrogens with one attached hydrogen (secondary N) is 1. The van der Waals surface area contributed by atoms with E-state index in [4.69, 9.17) is 30.8 Å². The number of imidazole rings is 2. The van der Waals surface area contributed by atoms with Gasteiger partial charge in [-0.1, -0.05) is 0 Å². The number of aliphatic hydroxyl groups excluding tert-OH is 4. The first-order valence-corrected chi connectivity index (χ1v) is 23.1. The van der Waals surface area contributed by atoms with Crippen molar-refractivity contribution in [1.29, 1.82) is 0 Å². The number of aromatic nitrogens is 10. The number of aromatic amines is 1. The molecule has 3 fully saturated rings. The van der Waals surface area contributed by atoms with Gasteiger partial charge in [-0.25, -0.2) is 48.4 Å². The number of rotatable bonds is 14. The van der Waals surface area contributed by atoms with Crippen LogP contribution in [0.1, 0.15) is 43.5 Å². The molecule has 5 aromatic heterocycles. The second-order valence-corrected chi connectivity index (χ2v) is 18.9. The minimum Gasteiger partial charge on any atom is -0.394 e. The van der Waals surface area contributed by atoms with Crippen LogP contribution in [-0.4, -0.2) is 140 Å². The summed E-state index contributed by atoms with van der Waals surface area (Å²) in [5.41, 5.74) is 11.7. The van der Waals surface area contributed by atoms with Crippen LogP contribution in [-0.2, 0) is 45.6 Å². The Morgan fingerprint density at radius 2 is 1.34 bits per heavy atom. The summed E-state index contributed by atoms with van der Waals surface area (Å²) in [6.07, 6.45) is -2.31. The molecule has 3 unspecified atom stereocenters. The monoisotopic (exact) mass is 966 g/mol. The van der Waals surface area contributed by atoms with E-state index in [1.165, 1.54) is 30.3 Å². The van der Waals surface area contributed by atoms with Crippen LogP contribution in [0.15, 0.2) is 41.1 Å². The number of nitrogen functional groups attached to an aromatic ring is 2. The number of aryl methyl sites for hydroxylation is 1. The highest BCUT2D eigenvalue weighted by molar-refractivity contribution is 7.66. The first-order valence-electron chi connectivity index (χ1n) is 18.7. The van der Waals surface area contributed by atoms with Gasteiger partial charge >= 0.3 is 29.2 Å². The maximum absolute atomic E-state index is 12.4. The van der Waals surface area contributed by atoms with Crippen molar-refractivity contribution in [2.24, 2.45) is 0 Å². The van der Waals surface area contributed by atoms with Gasteiger partial charge < -0.3 is 60.8 Å². The molecule has 8 rings (SSSR count). The molecule has 3 saturated heterocycles. The lowest BCUT2D eigenvalue weighted by Crippen LogP contribution is -2.33. The lowest BCUT2D eigenvalue weighted by molar-refractivity contribution is -0.0503. The number of phosphoric acid groups is 3. The summed E-state index contributed by atoms with van der Waals surface area (Å²) in [4.78, 5) is 79.3. The molecule has 0 bridgehead atoms. The fraction of sp³-hybridized carbons (Fsp3) is 0.533. The van der Waals surface area contributed by atoms with Crippen LogP contribution < -0.4 is 22.7 Å². The molecule has 0 aromatic carbocycles. The average molecular weight is 967 g/mol. The Morgan fingerprint density at radius 3 is 1.95 bits per heavy atom. The minimum absolute atomic E-state index is 0.0275. The van der Waals surface area contributed by atoms with Crippen molar-refractivity contribution < 1.29 is 80.7 Å². The van der Waals surface area contributed by atoms with Crippen molar-refractivity contribution in [2.45, 2.75) is 81.5 Å². The highest BCUT2D eigenvalue weighted by Gasteiger charge is 2.47. The van der Waals surface area contributed by atoms with Crippen molar-refractivity contribution in [3.05, 3.63) is 57.9 Å². The van der Waals surface area contributed by atoms with Crippen LogP contribution in [0.3, 0.4) is 0 Å². The predicted molar refractivity (Wildman–Crippen MR) is 210 cm³/mol. The summed E-state index contributed by atoms with van der Waals surface area (Å²) in [5.74, 6) is 0.329. The number of ether oxygens (including phenoxy) is 3. The normalized spacial score (nSPS) is 28.7. The fourth-order valence-electron chi connectivity index (χ4n) is 6.77. The smallest absolute Gasteiger partial charge is 0.394 e. The molecule has 8 heterocycles. The molecular weight excluding hydrogens is 925 g/mol. The van der Waals surface area contributed by atoms with Crippen LogP contribution >= 0.6 is 23.5 Å². The molecule has 350 valence electrons. The van der Waals surface area contributed by atoms with Crippen LogP contribution in [0.4, 0.5) is 11.6 Å². The Kier molecular flexibility index (Phi) is 13.9. The van der Waals surface area contributed by atoms with Gasteiger partial charge in [0, 0.05) is 18.2 Å². The summed E-state index contributed by atoms with van der Waals surface area (Å²) in [5, 5.41) is 39.6. The maximum Gasteiger partial charge on any atom is 0.490 e. The van der Waals surface area contributed by atoms with Crippen LogP contribution in [0.5, 0.6) is 0 Å². The molecule has 0 saturated carbocycles. The van der Waals surface area contributed by atoms with E-state index in [2.05, 4.69) is 52.6 Å². The molecule has 31 nitrogen and oxygen atoms in total. The summed E-state index contributed by atoms with van der Waals surface area (Å²) in [6, 6.07) is 0. The SMILES string of the molecule is Cc1cn([C@H]2CC[C@@H](COP(=O)(O)OP(=O)(O)OP(=O)(O)OC[C@H]3O[C@@H](n4cnc5c(N)ncnc54)[C@H](O)[C@@H]3O)O2)c(=O)[nH]c1=O.Nc1ncnc2c1ncn2[C@H]1C[C@H](O)[C@@H](CO)O1. The first-order chi connectivity index (χ1) is 30.2. The Hall–Kier alpha value is -4.49. The second-order valence-electron chi connectivity index (χ2n) is 14.3. The van der Waals surface area contributed by atoms with Gasteiger partial charge in [-0.15, -0.1) is 0 Å². The van der Waals surface area contributed by atoms with Gasteiger partial charge in [0.1, 0.15) is 60.6 Å². The highest BCUT2D eigenvalue weighted by Crippen LogP contribution is 2.68. The van der Waals surface area contributed by atoms with Crippen molar-refractivity contribution >= 4 is 57.4 Å². The number of hydrogen-bond donors (Lipinski definition) is 10. The van der Waals surface area contributed by atoms with E-state index in [0.29, 0.717) is 23.4 Å². The van der Waals surface area contributed by atoms with Gasteiger partial charge in [-0.3, -0.25) is 32.5 Å². The molecule has 64 heavy (non-hydrogen) atoms. The van der Waals surface area contributed by atoms with E-state index in [1.54, 1.807) is 10.9 Å². The lowest BCUT2D eigenvalue weighted by Gasteiger charge is -2.21. The summed E-state index contributed by atoms with van der Waals surface area (Å²) in [6.45, 7) is -0.419. The number of H-pyrrole nitrogens is 1. The molecule has 0 amide bonds. The average Bonchev–Trinajstić information content (AvgIpc) is 4.06. The quantitative estimate of drug-likeness (QED) is 0.0537. The molecule has 12 atom stereocenters. The summed E-state index contributed by atoms with van der Waals surface area (Å²) in [7, 11) is -16.8. The zero-order chi connectivity index (χ0) is 46.3. The van der Waals surface area contributed by atoms with E-state index in [-0.39, 0.29) is 42.0 Å². The topological polar surface area (TPSA) is 452 Å². The molecule has 34 heteroatoms. The van der Waals surface area contributed by atoms with Gasteiger partial charge in [-0.05, 0) is 19.8 Å². The van der Waals surface area contributed by atoms with Crippen LogP contribution in [0.25, 0.3) is 22.3 Å². The zero-order valence-electron chi connectivity index (χ0n) is 32.9. The Labute approximate surface area is 357 Å². The number of aliphatic hydroxyl groups is 4. The molecule has 12 N–H and O–H groups in total. The number of anilines is 2. The van der Waals surface area contributed by atoms with E-state index in [0.717, 1.165) is 10.9 Å². The molecule has 0 spiro atoms. The molecule has 0 aliphatic carbocycles. The third kappa shape index (κ3) is 10.5. The minimum atomic E-state index is -5.83. The Balaban J connectivity index is 0.000000281. The summed E-state index contributed by atoms with van der Waals surface area (Å²) >= 11 is 0. The number of fused-ring (bicyclic) bond motifs is 2. The Morgan fingerprint density at radius 1 is 0.750 bits per heavy atom. The van der Waals surface area contributed by atoms with Crippen molar-refractivity contribution in [1.82, 2.24) is 48.6 Å². The van der Waals surface area contributed by atoms with Gasteiger partial charge in [0.05, 0.1) is 44.7 Å². The molecule has 0 radical (unpaired) electrons. The van der Waals surface area contributed by atoms with Gasteiger partial charge in [-0.2, -0.15) is 8.62 Å². The van der Waals surface area contributed by atoms with Crippen molar-refractivity contribution in [3.63, 3.8) is 0 Å². The van der Waals surface area contributed by atoms with Crippen LogP contribution in [0, 0.1) is 6.92 Å². The predicted octanol–water partition coefficient (Wildman–Crippen LogP) is -2.02. The van der Waals surface area contributed by atoms with Gasteiger partial charge in [0.25, 0.3) is 5.56 Å². The maximum atomic E-state index is 12.4. The van der Waals surface area contributed by atoms with Gasteiger partial charge in [0.2, 0.25) is 0 Å². The third-order valence-corrected chi connectivity index (χ3v) is 14.1. The van der Waals surface area contributed by atoms with E-state index in [1.807, 2.05) is 0 Å². The van der Waals surface area contributed by atoms with E-state index in [9.17, 15) is 53.3 Å². The number of hydrogen-bond acceptors (Lipinski definition) is 24. The standard InChI is InChI=1S/C20H28N7O16P3.C10H13N5O3/c1-9-4-26(20(31)25-18(9)30)12-3-2-10(40-12)5-38-44(32,33)42-46(36,37)43-45(34,35)39-6-11-14(28)15(29)19(41-11)27-8-24-13-16(21)22-7-23-17(13)27;11-9-8-10(13-3-12-9)15(4-14-8)7-1-5(17)6(2-16)18-7/h4,7-8,10-12,14-15,19,28-29H,2-3,5-6H2,1H3,(H,32,33)(H,34,35)(H,36,37)(H2,21,22,23)(H,25,30,31);3-7,16-17H,1-2H2,(H2,11,12,13)/t10-,11+,12+,14+,15+,19+;5-,6+,7+/m00/s1. The number of nitrogens with zero attached hydrogens (tertiary/aromatic N) is 9. The van der Waals surface area contributed by atoms with Crippen molar-refractivity contribution in [3.8, 4) is 0 Å². The Bertz CT molecular complexity index is 2750. The molecule has 5 aromatic rings. The summed E-state index contributed by atoms with van der Waals surface area (Å²) < 4.78 is 75.0. The van der Waals surface area contributed by atoms with Gasteiger partial charge in [0.15, 0.2) is 29.2 Å². The molecular formula is C30H41N12O19P3. The molecule has 3 aliphatic rings. The van der Waals surface area contributed by atoms with Crippen LogP contribution in [0.2, 0.25) is 0 Å². The number of nitrogens with two attached hydrogens (primary N) is 2. The lowest BCUT2D eigenvalue weighted by atomic mass is 10.1. The molecule has 3 aliphatic heterocycles. The van der Waals surface area contributed by atoms with Crippen molar-refractivity contribution in [2.75, 3.05) is 31.3 Å². The largest absolute Gasteiger partial charge is 0.490 e. The second kappa shape index (κ2) is 18.8. The highest BCUT2D eigenvalue weighted by atomic mass is 31.3. The zero-order valence-corrected chi connectivity index (χ0v) is 35.6. The number of phosphoric ester groups is 2. The fourth-order valence-corrected chi connectivity index (χ4v) is 10.3.